The van der Waals surface area contributed by atoms with Gasteiger partial charge in [-0.25, -0.2) is 4.39 Å². The van der Waals surface area contributed by atoms with Crippen LogP contribution in [0.25, 0.3) is 0 Å². The van der Waals surface area contributed by atoms with Crippen molar-refractivity contribution in [3.05, 3.63) is 47.1 Å². The van der Waals surface area contributed by atoms with Gasteiger partial charge in [-0.1, -0.05) is 6.08 Å². The summed E-state index contributed by atoms with van der Waals surface area (Å²) in [6.45, 7) is 1.71. The SMILES string of the molecule is Cc1cc(C2(C(=O)C3=C[CH]3)CC2)c(F)cc1O. The smallest absolute Gasteiger partial charge is 0.169 e. The average molecular weight is 231 g/mol. The number of carbonyl (C=O) groups excluding carboxylic acids is 1. The monoisotopic (exact) mass is 231 g/mol. The molecule has 0 saturated heterocycles. The summed E-state index contributed by atoms with van der Waals surface area (Å²) in [4.78, 5) is 12.1. The van der Waals surface area contributed by atoms with Gasteiger partial charge in [-0.05, 0) is 31.4 Å². The minimum Gasteiger partial charge on any atom is -0.508 e. The topological polar surface area (TPSA) is 37.3 Å². The summed E-state index contributed by atoms with van der Waals surface area (Å²) in [6.07, 6.45) is 4.90. The molecule has 0 aromatic heterocycles. The lowest BCUT2D eigenvalue weighted by molar-refractivity contribution is -0.117. The predicted octanol–water partition coefficient (Wildman–Crippen LogP) is 2.58. The number of ketones is 1. The summed E-state index contributed by atoms with van der Waals surface area (Å²) in [5, 5.41) is 9.43. The van der Waals surface area contributed by atoms with Gasteiger partial charge in [-0.2, -0.15) is 0 Å². The third-order valence-corrected chi connectivity index (χ3v) is 3.58. The Morgan fingerprint density at radius 1 is 1.41 bits per heavy atom. The molecule has 3 heteroatoms. The number of phenolic OH excluding ortho intramolecular Hbond substituents is 1. The fraction of sp³-hybridized carbons (Fsp3) is 0.286. The number of aromatic hydroxyl groups is 1. The van der Waals surface area contributed by atoms with Crippen molar-refractivity contribution in [3.8, 4) is 5.75 Å². The van der Waals surface area contributed by atoms with Crippen LogP contribution in [-0.4, -0.2) is 10.9 Å². The van der Waals surface area contributed by atoms with Crippen molar-refractivity contribution >= 4 is 5.78 Å². The Labute approximate surface area is 98.8 Å². The van der Waals surface area contributed by atoms with Crippen LogP contribution in [0, 0.1) is 19.2 Å². The average Bonchev–Trinajstić information content (AvgIpc) is 3.16. The van der Waals surface area contributed by atoms with E-state index in [1.165, 1.54) is 0 Å². The third kappa shape index (κ3) is 1.49. The van der Waals surface area contributed by atoms with Gasteiger partial charge in [0, 0.05) is 23.6 Å². The summed E-state index contributed by atoms with van der Waals surface area (Å²) in [6, 6.07) is 2.70. The van der Waals surface area contributed by atoms with E-state index in [9.17, 15) is 14.3 Å². The maximum atomic E-state index is 13.9. The van der Waals surface area contributed by atoms with E-state index in [1.54, 1.807) is 25.5 Å². The van der Waals surface area contributed by atoms with Crippen LogP contribution < -0.4 is 0 Å². The molecule has 1 fully saturated rings. The quantitative estimate of drug-likeness (QED) is 0.868. The predicted molar refractivity (Wildman–Crippen MR) is 61.1 cm³/mol. The standard InChI is InChI=1S/C14H12FO2/c1-8-6-10(11(15)7-12(8)16)14(4-5-14)13(17)9-2-3-9/h2-3,6-7,16H,4-5H2,1H3. The molecule has 2 aliphatic rings. The normalized spacial score (nSPS) is 19.8. The molecule has 87 valence electrons. The lowest BCUT2D eigenvalue weighted by atomic mass is 9.88. The molecule has 1 aromatic carbocycles. The maximum absolute atomic E-state index is 13.9. The van der Waals surface area contributed by atoms with Gasteiger partial charge in [0.2, 0.25) is 0 Å². The molecular formula is C14H12FO2. The van der Waals surface area contributed by atoms with Gasteiger partial charge in [0.05, 0.1) is 5.41 Å². The summed E-state index contributed by atoms with van der Waals surface area (Å²) in [5.74, 6) is -0.534. The molecule has 0 amide bonds. The summed E-state index contributed by atoms with van der Waals surface area (Å²) < 4.78 is 13.9. The zero-order chi connectivity index (χ0) is 12.2. The molecule has 1 N–H and O–H groups in total. The van der Waals surface area contributed by atoms with Gasteiger partial charge in [0.25, 0.3) is 0 Å². The van der Waals surface area contributed by atoms with Crippen LogP contribution in [-0.2, 0) is 10.2 Å². The molecule has 0 bridgehead atoms. The Morgan fingerprint density at radius 2 is 2.06 bits per heavy atom. The first-order chi connectivity index (χ1) is 8.04. The Kier molecular flexibility index (Phi) is 1.97. The first-order valence-electron chi connectivity index (χ1n) is 5.64. The Hall–Kier alpha value is -1.64. The van der Waals surface area contributed by atoms with E-state index in [-0.39, 0.29) is 11.5 Å². The van der Waals surface area contributed by atoms with Gasteiger partial charge in [-0.15, -0.1) is 0 Å². The zero-order valence-electron chi connectivity index (χ0n) is 9.46. The molecule has 0 spiro atoms. The van der Waals surface area contributed by atoms with Crippen LogP contribution in [0.4, 0.5) is 4.39 Å². The number of Topliss-reactive ketones (excluding diaryl/α,β-unsaturated/α-hetero) is 1. The van der Waals surface area contributed by atoms with E-state index in [0.717, 1.165) is 6.07 Å². The van der Waals surface area contributed by atoms with Crippen molar-refractivity contribution in [1.29, 1.82) is 0 Å². The van der Waals surface area contributed by atoms with Crippen LogP contribution >= 0.6 is 0 Å². The van der Waals surface area contributed by atoms with Crippen molar-refractivity contribution in [1.82, 2.24) is 0 Å². The number of phenols is 1. The molecule has 0 atom stereocenters. The van der Waals surface area contributed by atoms with E-state index >= 15 is 0 Å². The van der Waals surface area contributed by atoms with Crippen molar-refractivity contribution < 1.29 is 14.3 Å². The number of allylic oxidation sites excluding steroid dienone is 2. The number of benzene rings is 1. The summed E-state index contributed by atoms with van der Waals surface area (Å²) >= 11 is 0. The largest absolute Gasteiger partial charge is 0.508 e. The molecule has 17 heavy (non-hydrogen) atoms. The minimum absolute atomic E-state index is 0.0153. The Bertz CT molecular complexity index is 554. The molecule has 0 aliphatic heterocycles. The second-order valence-corrected chi connectivity index (χ2v) is 4.82. The Morgan fingerprint density at radius 3 is 2.59 bits per heavy atom. The molecule has 3 rings (SSSR count). The molecule has 2 aliphatic carbocycles. The minimum atomic E-state index is -0.665. The van der Waals surface area contributed by atoms with Gasteiger partial charge in [-0.3, -0.25) is 4.79 Å². The van der Waals surface area contributed by atoms with Gasteiger partial charge in [0.1, 0.15) is 11.6 Å². The first-order valence-corrected chi connectivity index (χ1v) is 5.64. The summed E-state index contributed by atoms with van der Waals surface area (Å²) in [5.41, 5.74) is 1.07. The van der Waals surface area contributed by atoms with Crippen molar-refractivity contribution in [2.45, 2.75) is 25.2 Å². The first kappa shape index (κ1) is 10.5. The number of hydrogen-bond acceptors (Lipinski definition) is 2. The summed E-state index contributed by atoms with van der Waals surface area (Å²) in [7, 11) is 0. The van der Waals surface area contributed by atoms with E-state index < -0.39 is 11.2 Å². The highest BCUT2D eigenvalue weighted by atomic mass is 19.1. The maximum Gasteiger partial charge on any atom is 0.169 e. The zero-order valence-corrected chi connectivity index (χ0v) is 9.46. The lowest BCUT2D eigenvalue weighted by Crippen LogP contribution is -2.21. The van der Waals surface area contributed by atoms with E-state index in [1.807, 2.05) is 0 Å². The second-order valence-electron chi connectivity index (χ2n) is 4.82. The van der Waals surface area contributed by atoms with Crippen LogP contribution in [0.15, 0.2) is 23.8 Å². The fourth-order valence-corrected chi connectivity index (χ4v) is 2.25. The molecule has 2 nitrogen and oxygen atoms in total. The highest BCUT2D eigenvalue weighted by molar-refractivity contribution is 6.11. The van der Waals surface area contributed by atoms with Gasteiger partial charge < -0.3 is 5.11 Å². The van der Waals surface area contributed by atoms with Crippen LogP contribution in [0.3, 0.4) is 0 Å². The van der Waals surface area contributed by atoms with Crippen molar-refractivity contribution in [2.75, 3.05) is 0 Å². The van der Waals surface area contributed by atoms with E-state index in [0.29, 0.717) is 29.5 Å². The molecule has 0 unspecified atom stereocenters. The molecule has 1 saturated carbocycles. The van der Waals surface area contributed by atoms with E-state index in [2.05, 4.69) is 0 Å². The highest BCUT2D eigenvalue weighted by Gasteiger charge is 2.54. The lowest BCUT2D eigenvalue weighted by Gasteiger charge is -2.15. The van der Waals surface area contributed by atoms with E-state index in [4.69, 9.17) is 0 Å². The Balaban J connectivity index is 2.07. The number of hydrogen-bond donors (Lipinski definition) is 1. The number of rotatable bonds is 3. The molecule has 0 heterocycles. The fourth-order valence-electron chi connectivity index (χ4n) is 2.25. The number of carbonyl (C=O) groups is 1. The molecule has 1 aromatic rings. The van der Waals surface area contributed by atoms with Gasteiger partial charge in [0.15, 0.2) is 5.78 Å². The number of aryl methyl sites for hydroxylation is 1. The van der Waals surface area contributed by atoms with Crippen molar-refractivity contribution in [3.63, 3.8) is 0 Å². The van der Waals surface area contributed by atoms with Crippen LogP contribution in [0.1, 0.15) is 24.0 Å². The highest BCUT2D eigenvalue weighted by Crippen LogP contribution is 2.53. The van der Waals surface area contributed by atoms with Crippen LogP contribution in [0.5, 0.6) is 5.75 Å². The number of halogens is 1. The third-order valence-electron chi connectivity index (χ3n) is 3.58. The molecule has 1 radical (unpaired) electrons. The van der Waals surface area contributed by atoms with Gasteiger partial charge >= 0.3 is 0 Å². The second kappa shape index (κ2) is 3.19. The molecular weight excluding hydrogens is 219 g/mol. The van der Waals surface area contributed by atoms with Crippen LogP contribution in [0.2, 0.25) is 0 Å². The van der Waals surface area contributed by atoms with Crippen molar-refractivity contribution in [2.24, 2.45) is 0 Å².